The maximum absolute atomic E-state index is 12.2. The standard InChI is InChI=1S/C19H24O7/c1-10-5-6-14-15(9-24-12(3)20)19(23)26-18(14)7-11(2)17(8-16(10)22)25-13(4)21/h5,7,16-18,22H,6,8-9H2,1-4H3/b10-5-,11-7+/t16-,17-,18+/m0/s1. The lowest BCUT2D eigenvalue weighted by Crippen LogP contribution is -2.26. The van der Waals surface area contributed by atoms with Gasteiger partial charge in [0.25, 0.3) is 0 Å². The summed E-state index contributed by atoms with van der Waals surface area (Å²) in [6.45, 7) is 5.95. The number of rotatable bonds is 3. The number of carbonyl (C=O) groups excluding carboxylic acids is 3. The van der Waals surface area contributed by atoms with E-state index in [0.717, 1.165) is 0 Å². The summed E-state index contributed by atoms with van der Waals surface area (Å²) in [5, 5.41) is 10.4. The van der Waals surface area contributed by atoms with E-state index in [1.54, 1.807) is 19.9 Å². The Morgan fingerprint density at radius 1 is 1.23 bits per heavy atom. The van der Waals surface area contributed by atoms with E-state index >= 15 is 0 Å². The Hall–Kier alpha value is -2.41. The van der Waals surface area contributed by atoms with Gasteiger partial charge in [0.05, 0.1) is 11.7 Å². The van der Waals surface area contributed by atoms with E-state index in [1.165, 1.54) is 13.8 Å². The van der Waals surface area contributed by atoms with Gasteiger partial charge in [-0.3, -0.25) is 9.59 Å². The number of aliphatic hydroxyl groups is 1. The SMILES string of the molecule is CC(=O)OCC1=C2C/C=C(/C)[C@@H](O)C[C@H](OC(C)=O)/C(C)=C/[C@H]2OC1=O. The Bertz CT molecular complexity index is 699. The fourth-order valence-electron chi connectivity index (χ4n) is 2.93. The molecule has 7 heteroatoms. The van der Waals surface area contributed by atoms with Crippen LogP contribution in [0.5, 0.6) is 0 Å². The lowest BCUT2D eigenvalue weighted by Gasteiger charge is -2.24. The Labute approximate surface area is 152 Å². The van der Waals surface area contributed by atoms with Gasteiger partial charge >= 0.3 is 17.9 Å². The van der Waals surface area contributed by atoms with E-state index in [-0.39, 0.29) is 13.0 Å². The largest absolute Gasteiger partial charge is 0.461 e. The normalized spacial score (nSPS) is 30.3. The number of carbonyl (C=O) groups is 3. The minimum Gasteiger partial charge on any atom is -0.461 e. The van der Waals surface area contributed by atoms with Gasteiger partial charge in [-0.2, -0.15) is 0 Å². The molecule has 7 nitrogen and oxygen atoms in total. The molecule has 1 aliphatic carbocycles. The molecule has 0 amide bonds. The highest BCUT2D eigenvalue weighted by Gasteiger charge is 2.34. The molecule has 3 atom stereocenters. The molecular formula is C19H24O7. The van der Waals surface area contributed by atoms with Crippen molar-refractivity contribution in [2.75, 3.05) is 6.61 Å². The third-order valence-electron chi connectivity index (χ3n) is 4.47. The number of ether oxygens (including phenoxy) is 3. The average Bonchev–Trinajstić information content (AvgIpc) is 2.83. The predicted octanol–water partition coefficient (Wildman–Crippen LogP) is 1.75. The van der Waals surface area contributed by atoms with Crippen LogP contribution in [-0.2, 0) is 28.6 Å². The summed E-state index contributed by atoms with van der Waals surface area (Å²) in [4.78, 5) is 34.7. The highest BCUT2D eigenvalue weighted by atomic mass is 16.6. The van der Waals surface area contributed by atoms with Crippen LogP contribution in [0.15, 0.2) is 34.4 Å². The summed E-state index contributed by atoms with van der Waals surface area (Å²) < 4.78 is 15.7. The van der Waals surface area contributed by atoms with Gasteiger partial charge in [-0.15, -0.1) is 0 Å². The fourth-order valence-corrected chi connectivity index (χ4v) is 2.93. The van der Waals surface area contributed by atoms with Gasteiger partial charge in [0, 0.05) is 20.3 Å². The second kappa shape index (κ2) is 8.31. The summed E-state index contributed by atoms with van der Waals surface area (Å²) in [6, 6.07) is 0. The summed E-state index contributed by atoms with van der Waals surface area (Å²) in [5.41, 5.74) is 2.36. The Morgan fingerprint density at radius 3 is 2.54 bits per heavy atom. The molecule has 0 bridgehead atoms. The molecule has 1 aliphatic heterocycles. The molecule has 0 saturated carbocycles. The maximum atomic E-state index is 12.2. The van der Waals surface area contributed by atoms with Crippen molar-refractivity contribution in [2.24, 2.45) is 0 Å². The van der Waals surface area contributed by atoms with Gasteiger partial charge in [0.2, 0.25) is 0 Å². The minimum absolute atomic E-state index is 0.157. The first-order valence-electron chi connectivity index (χ1n) is 8.45. The van der Waals surface area contributed by atoms with Crippen LogP contribution in [0.2, 0.25) is 0 Å². The van der Waals surface area contributed by atoms with Crippen molar-refractivity contribution in [3.05, 3.63) is 34.4 Å². The van der Waals surface area contributed by atoms with Crippen molar-refractivity contribution in [1.29, 1.82) is 0 Å². The lowest BCUT2D eigenvalue weighted by molar-refractivity contribution is -0.146. The van der Waals surface area contributed by atoms with Crippen LogP contribution in [0.25, 0.3) is 0 Å². The van der Waals surface area contributed by atoms with Gasteiger partial charge in [0.15, 0.2) is 0 Å². The van der Waals surface area contributed by atoms with E-state index in [2.05, 4.69) is 0 Å². The molecule has 0 fully saturated rings. The second-order valence-electron chi connectivity index (χ2n) is 6.52. The summed E-state index contributed by atoms with van der Waals surface area (Å²) in [6.07, 6.45) is 2.11. The maximum Gasteiger partial charge on any atom is 0.338 e. The molecule has 0 spiro atoms. The molecule has 0 aromatic carbocycles. The first kappa shape index (κ1) is 19.9. The zero-order valence-corrected chi connectivity index (χ0v) is 15.4. The molecule has 0 aromatic rings. The minimum atomic E-state index is -0.783. The lowest BCUT2D eigenvalue weighted by atomic mass is 9.92. The third kappa shape index (κ3) is 4.82. The van der Waals surface area contributed by atoms with Gasteiger partial charge in [-0.25, -0.2) is 4.79 Å². The van der Waals surface area contributed by atoms with E-state index in [4.69, 9.17) is 14.2 Å². The van der Waals surface area contributed by atoms with Gasteiger partial charge in [-0.1, -0.05) is 6.08 Å². The Kier molecular flexibility index (Phi) is 6.37. The average molecular weight is 364 g/mol. The van der Waals surface area contributed by atoms with Crippen LogP contribution in [0.3, 0.4) is 0 Å². The van der Waals surface area contributed by atoms with Crippen molar-refractivity contribution in [1.82, 2.24) is 0 Å². The molecular weight excluding hydrogens is 340 g/mol. The Morgan fingerprint density at radius 2 is 1.92 bits per heavy atom. The van der Waals surface area contributed by atoms with Crippen molar-refractivity contribution in [3.8, 4) is 0 Å². The van der Waals surface area contributed by atoms with Crippen molar-refractivity contribution < 1.29 is 33.7 Å². The molecule has 1 N–H and O–H groups in total. The smallest absolute Gasteiger partial charge is 0.338 e. The zero-order chi connectivity index (χ0) is 19.4. The van der Waals surface area contributed by atoms with Crippen molar-refractivity contribution >= 4 is 17.9 Å². The predicted molar refractivity (Wildman–Crippen MR) is 91.8 cm³/mol. The number of allylic oxidation sites excluding steroid dienone is 1. The molecule has 26 heavy (non-hydrogen) atoms. The second-order valence-corrected chi connectivity index (χ2v) is 6.52. The number of fused-ring (bicyclic) bond motifs is 1. The monoisotopic (exact) mass is 364 g/mol. The van der Waals surface area contributed by atoms with E-state index in [1.807, 2.05) is 6.08 Å². The molecule has 1 heterocycles. The summed E-state index contributed by atoms with van der Waals surface area (Å²) in [7, 11) is 0. The van der Waals surface area contributed by atoms with E-state index < -0.39 is 36.2 Å². The topological polar surface area (TPSA) is 99.1 Å². The first-order valence-corrected chi connectivity index (χ1v) is 8.45. The molecule has 2 aliphatic rings. The van der Waals surface area contributed by atoms with E-state index in [9.17, 15) is 19.5 Å². The van der Waals surface area contributed by atoms with Gasteiger partial charge in [0.1, 0.15) is 18.8 Å². The molecule has 0 aromatic heterocycles. The number of hydrogen-bond acceptors (Lipinski definition) is 7. The highest BCUT2D eigenvalue weighted by molar-refractivity contribution is 5.93. The quantitative estimate of drug-likeness (QED) is 0.463. The van der Waals surface area contributed by atoms with Crippen LogP contribution in [0, 0.1) is 0 Å². The number of esters is 3. The summed E-state index contributed by atoms with van der Waals surface area (Å²) in [5.74, 6) is -1.48. The van der Waals surface area contributed by atoms with Crippen LogP contribution in [-0.4, -0.2) is 47.9 Å². The van der Waals surface area contributed by atoms with Crippen LogP contribution in [0.4, 0.5) is 0 Å². The Balaban J connectivity index is 2.42. The molecule has 0 saturated heterocycles. The fraction of sp³-hybridized carbons (Fsp3) is 0.526. The van der Waals surface area contributed by atoms with Crippen molar-refractivity contribution in [2.45, 2.75) is 58.8 Å². The van der Waals surface area contributed by atoms with Crippen molar-refractivity contribution in [3.63, 3.8) is 0 Å². The first-order chi connectivity index (χ1) is 12.2. The molecule has 0 unspecified atom stereocenters. The van der Waals surface area contributed by atoms with Gasteiger partial charge in [-0.05, 0) is 43.1 Å². The van der Waals surface area contributed by atoms with Crippen LogP contribution in [0.1, 0.15) is 40.5 Å². The van der Waals surface area contributed by atoms with E-state index in [0.29, 0.717) is 28.7 Å². The van der Waals surface area contributed by atoms with Crippen LogP contribution < -0.4 is 0 Å². The zero-order valence-electron chi connectivity index (χ0n) is 15.4. The molecule has 142 valence electrons. The number of hydrogen-bond donors (Lipinski definition) is 1. The molecule has 2 rings (SSSR count). The highest BCUT2D eigenvalue weighted by Crippen LogP contribution is 2.31. The molecule has 0 radical (unpaired) electrons. The van der Waals surface area contributed by atoms with Gasteiger partial charge < -0.3 is 19.3 Å². The number of aliphatic hydroxyl groups excluding tert-OH is 1. The third-order valence-corrected chi connectivity index (χ3v) is 4.47. The van der Waals surface area contributed by atoms with Crippen LogP contribution >= 0.6 is 0 Å². The summed E-state index contributed by atoms with van der Waals surface area (Å²) >= 11 is 0.